The van der Waals surface area contributed by atoms with Crippen molar-refractivity contribution in [3.05, 3.63) is 58.6 Å². The molecule has 0 bridgehead atoms. The first kappa shape index (κ1) is 14.4. The standard InChI is InChI=1S/C17H19BrN2O/c18-14-5-3-6-16(11-14)21-9-8-20-12-15(19)10-13-4-1-2-7-17(13)20/h1-7,11,15H,8-10,12,19H2. The van der Waals surface area contributed by atoms with Gasteiger partial charge in [0.1, 0.15) is 12.4 Å². The van der Waals surface area contributed by atoms with Gasteiger partial charge in [-0.2, -0.15) is 0 Å². The molecule has 2 aromatic rings. The van der Waals surface area contributed by atoms with Crippen LogP contribution in [0.4, 0.5) is 5.69 Å². The van der Waals surface area contributed by atoms with Crippen molar-refractivity contribution in [1.29, 1.82) is 0 Å². The van der Waals surface area contributed by atoms with Gasteiger partial charge in [0, 0.05) is 22.7 Å². The lowest BCUT2D eigenvalue weighted by molar-refractivity contribution is 0.321. The third-order valence-electron chi connectivity index (χ3n) is 3.70. The minimum Gasteiger partial charge on any atom is -0.492 e. The summed E-state index contributed by atoms with van der Waals surface area (Å²) >= 11 is 3.45. The number of benzene rings is 2. The normalized spacial score (nSPS) is 17.4. The molecule has 3 rings (SSSR count). The highest BCUT2D eigenvalue weighted by atomic mass is 79.9. The second kappa shape index (κ2) is 6.50. The van der Waals surface area contributed by atoms with E-state index in [-0.39, 0.29) is 6.04 Å². The number of nitrogens with two attached hydrogens (primary N) is 1. The van der Waals surface area contributed by atoms with E-state index in [1.165, 1.54) is 11.3 Å². The summed E-state index contributed by atoms with van der Waals surface area (Å²) in [6, 6.07) is 16.6. The van der Waals surface area contributed by atoms with Crippen molar-refractivity contribution in [2.24, 2.45) is 5.73 Å². The van der Waals surface area contributed by atoms with Crippen LogP contribution in [0.5, 0.6) is 5.75 Å². The molecule has 0 radical (unpaired) electrons. The molecule has 0 aromatic heterocycles. The lowest BCUT2D eigenvalue weighted by Crippen LogP contribution is -2.44. The van der Waals surface area contributed by atoms with E-state index in [0.29, 0.717) is 6.61 Å². The Hall–Kier alpha value is -1.52. The van der Waals surface area contributed by atoms with Gasteiger partial charge in [-0.3, -0.25) is 0 Å². The monoisotopic (exact) mass is 346 g/mol. The van der Waals surface area contributed by atoms with Crippen molar-refractivity contribution in [2.45, 2.75) is 12.5 Å². The zero-order chi connectivity index (χ0) is 14.7. The van der Waals surface area contributed by atoms with Crippen LogP contribution in [0.15, 0.2) is 53.0 Å². The van der Waals surface area contributed by atoms with E-state index < -0.39 is 0 Å². The third-order valence-corrected chi connectivity index (χ3v) is 4.19. The molecule has 0 spiro atoms. The summed E-state index contributed by atoms with van der Waals surface area (Å²) in [5.41, 5.74) is 8.78. The van der Waals surface area contributed by atoms with E-state index in [2.05, 4.69) is 45.1 Å². The van der Waals surface area contributed by atoms with Gasteiger partial charge in [0.25, 0.3) is 0 Å². The maximum Gasteiger partial charge on any atom is 0.120 e. The Balaban J connectivity index is 1.63. The van der Waals surface area contributed by atoms with Gasteiger partial charge in [-0.15, -0.1) is 0 Å². The molecule has 1 atom stereocenters. The van der Waals surface area contributed by atoms with Gasteiger partial charge in [-0.1, -0.05) is 40.2 Å². The van der Waals surface area contributed by atoms with Crippen LogP contribution in [0.25, 0.3) is 0 Å². The Morgan fingerprint density at radius 3 is 2.90 bits per heavy atom. The van der Waals surface area contributed by atoms with Gasteiger partial charge >= 0.3 is 0 Å². The average Bonchev–Trinajstić information content (AvgIpc) is 2.47. The number of halogens is 1. The molecule has 3 nitrogen and oxygen atoms in total. The molecule has 4 heteroatoms. The summed E-state index contributed by atoms with van der Waals surface area (Å²) in [7, 11) is 0. The van der Waals surface area contributed by atoms with Gasteiger partial charge in [0.15, 0.2) is 0 Å². The first-order chi connectivity index (χ1) is 10.2. The van der Waals surface area contributed by atoms with Crippen LogP contribution in [-0.4, -0.2) is 25.7 Å². The number of rotatable bonds is 4. The average molecular weight is 347 g/mol. The van der Waals surface area contributed by atoms with Crippen LogP contribution < -0.4 is 15.4 Å². The maximum absolute atomic E-state index is 6.15. The zero-order valence-electron chi connectivity index (χ0n) is 11.8. The molecule has 0 saturated carbocycles. The van der Waals surface area contributed by atoms with Crippen molar-refractivity contribution in [3.63, 3.8) is 0 Å². The number of fused-ring (bicyclic) bond motifs is 1. The first-order valence-electron chi connectivity index (χ1n) is 7.19. The summed E-state index contributed by atoms with van der Waals surface area (Å²) in [6.07, 6.45) is 0.958. The van der Waals surface area contributed by atoms with Crippen molar-refractivity contribution >= 4 is 21.6 Å². The summed E-state index contributed by atoms with van der Waals surface area (Å²) in [6.45, 7) is 2.38. The van der Waals surface area contributed by atoms with Crippen LogP contribution >= 0.6 is 15.9 Å². The Kier molecular flexibility index (Phi) is 4.46. The first-order valence-corrected chi connectivity index (χ1v) is 7.98. The Morgan fingerprint density at radius 2 is 2.05 bits per heavy atom. The quantitative estimate of drug-likeness (QED) is 0.923. The number of anilines is 1. The molecule has 2 N–H and O–H groups in total. The molecule has 21 heavy (non-hydrogen) atoms. The molecule has 0 fully saturated rings. The second-order valence-electron chi connectivity index (χ2n) is 5.34. The molecule has 1 heterocycles. The Bertz CT molecular complexity index is 617. The zero-order valence-corrected chi connectivity index (χ0v) is 13.4. The molecule has 1 aliphatic rings. The van der Waals surface area contributed by atoms with Gasteiger partial charge < -0.3 is 15.4 Å². The van der Waals surface area contributed by atoms with Crippen LogP contribution in [0, 0.1) is 0 Å². The summed E-state index contributed by atoms with van der Waals surface area (Å²) in [5, 5.41) is 0. The van der Waals surface area contributed by atoms with Crippen molar-refractivity contribution in [1.82, 2.24) is 0 Å². The Morgan fingerprint density at radius 1 is 1.19 bits per heavy atom. The lowest BCUT2D eigenvalue weighted by atomic mass is 9.98. The van der Waals surface area contributed by atoms with E-state index >= 15 is 0 Å². The molecule has 1 aliphatic heterocycles. The summed E-state index contributed by atoms with van der Waals surface area (Å²) < 4.78 is 6.86. The van der Waals surface area contributed by atoms with Crippen molar-refractivity contribution in [2.75, 3.05) is 24.6 Å². The fraction of sp³-hybridized carbons (Fsp3) is 0.294. The second-order valence-corrected chi connectivity index (χ2v) is 6.26. The van der Waals surface area contributed by atoms with Crippen LogP contribution in [0.3, 0.4) is 0 Å². The SMILES string of the molecule is NC1Cc2ccccc2N(CCOc2cccc(Br)c2)C1. The fourth-order valence-corrected chi connectivity index (χ4v) is 3.14. The van der Waals surface area contributed by atoms with Gasteiger partial charge in [0.05, 0.1) is 6.54 Å². The van der Waals surface area contributed by atoms with Gasteiger partial charge in [-0.25, -0.2) is 0 Å². The predicted octanol–water partition coefficient (Wildman–Crippen LogP) is 3.22. The molecule has 110 valence electrons. The minimum absolute atomic E-state index is 0.200. The number of ether oxygens (including phenoxy) is 1. The highest BCUT2D eigenvalue weighted by Gasteiger charge is 2.21. The highest BCUT2D eigenvalue weighted by molar-refractivity contribution is 9.10. The Labute approximate surface area is 133 Å². The number of nitrogens with zero attached hydrogens (tertiary/aromatic N) is 1. The van der Waals surface area contributed by atoms with Crippen LogP contribution in [0.1, 0.15) is 5.56 Å². The number of hydrogen-bond acceptors (Lipinski definition) is 3. The van der Waals surface area contributed by atoms with Gasteiger partial charge in [-0.05, 0) is 36.2 Å². The van der Waals surface area contributed by atoms with Gasteiger partial charge in [0.2, 0.25) is 0 Å². The maximum atomic E-state index is 6.15. The summed E-state index contributed by atoms with van der Waals surface area (Å²) in [5.74, 6) is 0.888. The molecule has 0 aliphatic carbocycles. The largest absolute Gasteiger partial charge is 0.492 e. The van der Waals surface area contributed by atoms with Crippen molar-refractivity contribution in [3.8, 4) is 5.75 Å². The highest BCUT2D eigenvalue weighted by Crippen LogP contribution is 2.26. The van der Waals surface area contributed by atoms with Crippen LogP contribution in [0.2, 0.25) is 0 Å². The lowest BCUT2D eigenvalue weighted by Gasteiger charge is -2.34. The number of hydrogen-bond donors (Lipinski definition) is 1. The molecule has 1 unspecified atom stereocenters. The minimum atomic E-state index is 0.200. The van der Waals surface area contributed by atoms with E-state index in [9.17, 15) is 0 Å². The molecular weight excluding hydrogens is 328 g/mol. The smallest absolute Gasteiger partial charge is 0.120 e. The predicted molar refractivity (Wildman–Crippen MR) is 90.0 cm³/mol. The van der Waals surface area contributed by atoms with Crippen molar-refractivity contribution < 1.29 is 4.74 Å². The molecular formula is C17H19BrN2O. The third kappa shape index (κ3) is 3.57. The summed E-state index contributed by atoms with van der Waals surface area (Å²) in [4.78, 5) is 2.32. The molecule has 2 aromatic carbocycles. The van der Waals surface area contributed by atoms with E-state index in [1.807, 2.05) is 24.3 Å². The van der Waals surface area contributed by atoms with E-state index in [1.54, 1.807) is 0 Å². The fourth-order valence-electron chi connectivity index (χ4n) is 2.76. The van der Waals surface area contributed by atoms with E-state index in [0.717, 1.165) is 29.7 Å². The molecule has 0 saturated heterocycles. The number of para-hydroxylation sites is 1. The topological polar surface area (TPSA) is 38.5 Å². The molecule has 0 amide bonds. The van der Waals surface area contributed by atoms with Crippen LogP contribution in [-0.2, 0) is 6.42 Å². The van der Waals surface area contributed by atoms with E-state index in [4.69, 9.17) is 10.5 Å².